The maximum atomic E-state index is 13.3. The molecule has 4 rings (SSSR count). The van der Waals surface area contributed by atoms with Gasteiger partial charge in [-0.15, -0.1) is 0 Å². The van der Waals surface area contributed by atoms with E-state index in [4.69, 9.17) is 4.74 Å². The smallest absolute Gasteiger partial charge is 0.262 e. The van der Waals surface area contributed by atoms with E-state index >= 15 is 0 Å². The molecule has 0 bridgehead atoms. The maximum Gasteiger partial charge on any atom is 0.262 e. The SMILES string of the molecule is Cc1cc(C)c(S(=O)(=O)Nc2cccc(C(=O)N3CCC[C@@H]3C(=O)NC[C@@H]3CCCO3)c2)c(C)c1. The van der Waals surface area contributed by atoms with Crippen molar-refractivity contribution in [1.29, 1.82) is 0 Å². The number of rotatable bonds is 7. The van der Waals surface area contributed by atoms with Crippen molar-refractivity contribution in [3.05, 3.63) is 58.7 Å². The molecule has 2 aromatic carbocycles. The lowest BCUT2D eigenvalue weighted by atomic mass is 10.1. The normalized spacial score (nSPS) is 20.1. The molecule has 188 valence electrons. The van der Waals surface area contributed by atoms with Gasteiger partial charge in [0.05, 0.1) is 11.0 Å². The first-order valence-corrected chi connectivity index (χ1v) is 13.5. The van der Waals surface area contributed by atoms with Crippen molar-refractivity contribution in [3.63, 3.8) is 0 Å². The van der Waals surface area contributed by atoms with Crippen LogP contribution in [0.5, 0.6) is 0 Å². The molecule has 2 aliphatic heterocycles. The minimum Gasteiger partial charge on any atom is -0.376 e. The Morgan fingerprint density at radius 2 is 1.80 bits per heavy atom. The fraction of sp³-hybridized carbons (Fsp3) is 0.462. The third-order valence-corrected chi connectivity index (χ3v) is 8.27. The zero-order chi connectivity index (χ0) is 25.2. The van der Waals surface area contributed by atoms with Gasteiger partial charge in [-0.05, 0) is 75.8 Å². The number of hydrogen-bond acceptors (Lipinski definition) is 5. The Morgan fingerprint density at radius 3 is 2.49 bits per heavy atom. The van der Waals surface area contributed by atoms with Crippen LogP contribution >= 0.6 is 0 Å². The van der Waals surface area contributed by atoms with E-state index in [2.05, 4.69) is 10.0 Å². The summed E-state index contributed by atoms with van der Waals surface area (Å²) in [6, 6.07) is 9.55. The van der Waals surface area contributed by atoms with E-state index in [1.807, 2.05) is 19.1 Å². The average molecular weight is 500 g/mol. The lowest BCUT2D eigenvalue weighted by molar-refractivity contribution is -0.125. The molecule has 0 radical (unpaired) electrons. The van der Waals surface area contributed by atoms with Gasteiger partial charge in [-0.3, -0.25) is 14.3 Å². The van der Waals surface area contributed by atoms with E-state index in [1.54, 1.807) is 36.9 Å². The van der Waals surface area contributed by atoms with E-state index in [-0.39, 0.29) is 22.8 Å². The molecule has 0 unspecified atom stereocenters. The summed E-state index contributed by atoms with van der Waals surface area (Å²) < 4.78 is 34.5. The summed E-state index contributed by atoms with van der Waals surface area (Å²) in [7, 11) is -3.84. The second-order valence-electron chi connectivity index (χ2n) is 9.45. The van der Waals surface area contributed by atoms with Gasteiger partial charge in [0.2, 0.25) is 5.91 Å². The molecule has 9 heteroatoms. The molecule has 8 nitrogen and oxygen atoms in total. The number of amides is 2. The van der Waals surface area contributed by atoms with E-state index in [1.165, 1.54) is 6.07 Å². The van der Waals surface area contributed by atoms with Crippen LogP contribution < -0.4 is 10.0 Å². The number of sulfonamides is 1. The molecule has 0 aliphatic carbocycles. The Hall–Kier alpha value is -2.91. The maximum absolute atomic E-state index is 13.3. The van der Waals surface area contributed by atoms with Crippen molar-refractivity contribution in [2.24, 2.45) is 0 Å². The van der Waals surface area contributed by atoms with Crippen molar-refractivity contribution in [2.45, 2.75) is 63.5 Å². The summed E-state index contributed by atoms with van der Waals surface area (Å²) in [4.78, 5) is 27.9. The molecule has 0 saturated carbocycles. The highest BCUT2D eigenvalue weighted by atomic mass is 32.2. The largest absolute Gasteiger partial charge is 0.376 e. The lowest BCUT2D eigenvalue weighted by Gasteiger charge is -2.25. The molecule has 2 aliphatic rings. The lowest BCUT2D eigenvalue weighted by Crippen LogP contribution is -2.47. The van der Waals surface area contributed by atoms with Crippen molar-refractivity contribution >= 4 is 27.5 Å². The van der Waals surface area contributed by atoms with Crippen LogP contribution in [0.25, 0.3) is 0 Å². The highest BCUT2D eigenvalue weighted by molar-refractivity contribution is 7.92. The minimum atomic E-state index is -3.84. The summed E-state index contributed by atoms with van der Waals surface area (Å²) >= 11 is 0. The van der Waals surface area contributed by atoms with E-state index in [0.29, 0.717) is 41.9 Å². The van der Waals surface area contributed by atoms with E-state index < -0.39 is 16.1 Å². The number of hydrogen-bond donors (Lipinski definition) is 2. The van der Waals surface area contributed by atoms with Gasteiger partial charge in [0.1, 0.15) is 6.04 Å². The molecule has 35 heavy (non-hydrogen) atoms. The highest BCUT2D eigenvalue weighted by Gasteiger charge is 2.35. The molecule has 0 spiro atoms. The van der Waals surface area contributed by atoms with Crippen LogP contribution in [-0.4, -0.2) is 57.0 Å². The first kappa shape index (κ1) is 25.2. The van der Waals surface area contributed by atoms with Crippen molar-refractivity contribution < 1.29 is 22.7 Å². The van der Waals surface area contributed by atoms with Crippen molar-refractivity contribution in [3.8, 4) is 0 Å². The standard InChI is InChI=1S/C26H33N3O5S/c1-17-13-18(2)24(19(3)14-17)35(32,33)28-21-8-4-7-20(15-21)26(31)29-11-5-10-23(29)25(30)27-16-22-9-6-12-34-22/h4,7-8,13-15,22-23,28H,5-6,9-12,16H2,1-3H3,(H,27,30)/t22-,23+/m0/s1. The number of carbonyl (C=O) groups excluding carboxylic acids is 2. The van der Waals surface area contributed by atoms with Crippen LogP contribution in [0.1, 0.15) is 52.7 Å². The number of nitrogens with one attached hydrogen (secondary N) is 2. The van der Waals surface area contributed by atoms with Crippen LogP contribution in [0.4, 0.5) is 5.69 Å². The van der Waals surface area contributed by atoms with Gasteiger partial charge in [-0.1, -0.05) is 23.8 Å². The third-order valence-electron chi connectivity index (χ3n) is 6.58. The Balaban J connectivity index is 1.48. The van der Waals surface area contributed by atoms with Gasteiger partial charge >= 0.3 is 0 Å². The molecule has 2 saturated heterocycles. The Morgan fingerprint density at radius 1 is 1.06 bits per heavy atom. The summed E-state index contributed by atoms with van der Waals surface area (Å²) in [5.41, 5.74) is 2.95. The number of likely N-dealkylation sites (tertiary alicyclic amines) is 1. The molecule has 0 aromatic heterocycles. The first-order chi connectivity index (χ1) is 16.7. The number of aryl methyl sites for hydroxylation is 3. The fourth-order valence-corrected chi connectivity index (χ4v) is 6.60. The second-order valence-corrected chi connectivity index (χ2v) is 11.1. The summed E-state index contributed by atoms with van der Waals surface area (Å²) in [6.45, 7) is 7.11. The third kappa shape index (κ3) is 5.67. The van der Waals surface area contributed by atoms with Crippen molar-refractivity contribution in [1.82, 2.24) is 10.2 Å². The van der Waals surface area contributed by atoms with Crippen LogP contribution in [0.3, 0.4) is 0 Å². The highest BCUT2D eigenvalue weighted by Crippen LogP contribution is 2.26. The van der Waals surface area contributed by atoms with Crippen LogP contribution in [0.15, 0.2) is 41.3 Å². The summed E-state index contributed by atoms with van der Waals surface area (Å²) in [6.07, 6.45) is 3.30. The van der Waals surface area contributed by atoms with E-state index in [9.17, 15) is 18.0 Å². The summed E-state index contributed by atoms with van der Waals surface area (Å²) in [5, 5.41) is 2.93. The zero-order valence-electron chi connectivity index (χ0n) is 20.5. The molecule has 2 heterocycles. The summed E-state index contributed by atoms with van der Waals surface area (Å²) in [5.74, 6) is -0.461. The van der Waals surface area contributed by atoms with Gasteiger partial charge in [0, 0.05) is 30.9 Å². The van der Waals surface area contributed by atoms with Gasteiger partial charge in [0.15, 0.2) is 0 Å². The molecular formula is C26H33N3O5S. The average Bonchev–Trinajstić information content (AvgIpc) is 3.48. The zero-order valence-corrected chi connectivity index (χ0v) is 21.3. The van der Waals surface area contributed by atoms with Gasteiger partial charge < -0.3 is 15.0 Å². The quantitative estimate of drug-likeness (QED) is 0.608. The van der Waals surface area contributed by atoms with Crippen LogP contribution in [0.2, 0.25) is 0 Å². The monoisotopic (exact) mass is 499 g/mol. The Kier molecular flexibility index (Phi) is 7.47. The van der Waals surface area contributed by atoms with E-state index in [0.717, 1.165) is 31.4 Å². The van der Waals surface area contributed by atoms with Crippen LogP contribution in [-0.2, 0) is 19.6 Å². The molecular weight excluding hydrogens is 466 g/mol. The number of anilines is 1. The van der Waals surface area contributed by atoms with Gasteiger partial charge in [-0.2, -0.15) is 0 Å². The van der Waals surface area contributed by atoms with Crippen LogP contribution in [0, 0.1) is 20.8 Å². The predicted octanol–water partition coefficient (Wildman–Crippen LogP) is 3.31. The van der Waals surface area contributed by atoms with Crippen molar-refractivity contribution in [2.75, 3.05) is 24.4 Å². The number of ether oxygens (including phenoxy) is 1. The molecule has 2 fully saturated rings. The molecule has 2 atom stereocenters. The number of nitrogens with zero attached hydrogens (tertiary/aromatic N) is 1. The first-order valence-electron chi connectivity index (χ1n) is 12.1. The number of carbonyl (C=O) groups is 2. The number of benzene rings is 2. The molecule has 2 aromatic rings. The van der Waals surface area contributed by atoms with Gasteiger partial charge in [-0.25, -0.2) is 8.42 Å². The second kappa shape index (κ2) is 10.4. The minimum absolute atomic E-state index is 0.0370. The molecule has 2 N–H and O–H groups in total. The Labute approximate surface area is 207 Å². The predicted molar refractivity (Wildman–Crippen MR) is 134 cm³/mol. The fourth-order valence-electron chi connectivity index (χ4n) is 5.10. The van der Waals surface area contributed by atoms with Gasteiger partial charge in [0.25, 0.3) is 15.9 Å². The Bertz CT molecular complexity index is 1200. The molecule has 2 amide bonds. The topological polar surface area (TPSA) is 105 Å².